The number of likely N-dealkylation sites (N-methyl/N-ethyl adjacent to an activating group) is 7. The van der Waals surface area contributed by atoms with Crippen LogP contribution in [0.5, 0.6) is 11.5 Å². The monoisotopic (exact) mass is 1840 g/mol. The molecule has 8 aliphatic rings. The summed E-state index contributed by atoms with van der Waals surface area (Å²) in [6.07, 6.45) is 6.62. The van der Waals surface area contributed by atoms with Crippen molar-refractivity contribution in [2.75, 3.05) is 293 Å². The molecule has 8 aliphatic heterocycles. The Morgan fingerprint density at radius 2 is 0.649 bits per heavy atom. The maximum Gasteiger partial charge on any atom is 0.142 e. The number of nitrogens with two attached hydrogens (primary N) is 7. The van der Waals surface area contributed by atoms with Crippen LogP contribution in [-0.4, -0.2) is 321 Å². The van der Waals surface area contributed by atoms with Crippen molar-refractivity contribution in [3.63, 3.8) is 0 Å². The van der Waals surface area contributed by atoms with Crippen molar-refractivity contribution in [1.82, 2.24) is 78.8 Å². The van der Waals surface area contributed by atoms with E-state index in [9.17, 15) is 0 Å². The molecule has 740 valence electrons. The number of hydrogen-bond acceptors (Lipinski definition) is 26. The molecule has 0 unspecified atom stereocenters. The topological polar surface area (TPSA) is 273 Å². The molecule has 8 heterocycles. The normalized spacial score (nSPS) is 15.8. The predicted octanol–water partition coefficient (Wildman–Crippen LogP) is 12.6. The second kappa shape index (κ2) is 58.0. The van der Waals surface area contributed by atoms with Crippen LogP contribution in [0.15, 0.2) is 146 Å². The lowest BCUT2D eigenvalue weighted by molar-refractivity contribution is 0.216. The van der Waals surface area contributed by atoms with Crippen molar-refractivity contribution in [2.45, 2.75) is 152 Å². The zero-order chi connectivity index (χ0) is 96.4. The van der Waals surface area contributed by atoms with Crippen molar-refractivity contribution in [2.24, 2.45) is 0 Å². The summed E-state index contributed by atoms with van der Waals surface area (Å²) in [6, 6.07) is 49.9. The average Bonchev–Trinajstić information content (AvgIpc) is 1.80. The van der Waals surface area contributed by atoms with Gasteiger partial charge in [0.25, 0.3) is 0 Å². The smallest absolute Gasteiger partial charge is 0.142 e. The molecule has 8 aromatic rings. The number of likely N-dealkylation sites (tertiary alicyclic amines) is 2. The Bertz CT molecular complexity index is 4640. The van der Waals surface area contributed by atoms with Crippen LogP contribution in [0, 0.1) is 0 Å². The largest absolute Gasteiger partial charge is 0.496 e. The van der Waals surface area contributed by atoms with Gasteiger partial charge in [0.15, 0.2) is 0 Å². The van der Waals surface area contributed by atoms with E-state index < -0.39 is 0 Å². The minimum Gasteiger partial charge on any atom is -0.496 e. The van der Waals surface area contributed by atoms with Crippen LogP contribution < -0.4 is 60.2 Å². The molecule has 2 saturated heterocycles. The standard InChI is InChI=1S/C15H25N3O.C15H25N3.C14H21N3.C14H23N3.2C13H21N3.C12H21N3O.C12H19N3/c1-17(9-10-18-7-3-4-8-18)12-13-5-6-14(16)11-15(13)19-2;1-4-17(5-2)8-9-18-11-13-6-7-15(16-3)10-14(13)12-18;15-14-4-3-12-10-17(11-13(12)9-14)8-7-16-5-1-2-6-16;1-3-16(4-2)7-8-17-10-12-5-6-14(15)9-13(12)11-17;1-15(2)7-8-16-6-5-11-9-13(14)4-3-12(11)10-16;1-3-15(2)6-7-16-9-11-4-5-13(14)8-12(11)10-16;1-15(2)7-6-14-9-10-4-5-11(13)12(8-10)16-3;1-14(2)5-6-15-8-10-3-4-12(13)7-11(10)9-15/h5-6,11H,3-4,7-10,12,16H2,1-2H3;6-7,10,16H,4-5,8-9,11-12H2,1-3H3;3-4,9H,1-2,5-8,10-11,15H2;5-6,9H,3-4,7-8,10-11,15H2,1-2H3;3-4,9H,5-8,10,14H2,1-2H3;4-5,8H,3,6-7,9-10,14H2,1-2H3;4-5,8,14H,6-7,9,13H2,1-3H3;3-4,7H,5-6,8-9,13H2,1-2H3. The number of fused-ring (bicyclic) bond motifs is 6. The molecule has 26 nitrogen and oxygen atoms in total. The first-order valence-electron chi connectivity index (χ1n) is 49.9. The zero-order valence-electron chi connectivity index (χ0n) is 85.5. The maximum atomic E-state index is 5.82. The summed E-state index contributed by atoms with van der Waals surface area (Å²) in [7, 11) is 22.2. The summed E-state index contributed by atoms with van der Waals surface area (Å²) in [5.74, 6) is 1.62. The number of nitrogens with zero attached hydrogens (tertiary/aromatic N) is 15. The number of nitrogens with one attached hydrogen (secondary N) is 2. The molecule has 0 bridgehead atoms. The van der Waals surface area contributed by atoms with E-state index in [1.165, 1.54) is 162 Å². The SMILES string of the molecule is CCN(C)CCN1Cc2ccc(N)cc2C1.CCN(CC)CCN1Cc2ccc(N)cc2C1.CCN(CC)CCN1Cc2ccc(NC)cc2C1.CN(C)CCN1CCc2cc(N)ccc2C1.CN(C)CCN1Cc2ccc(N)cc2C1.COc1cc(CNCCN(C)C)ccc1N.COc1cc(N)ccc1CN(C)CCN1CCCC1.Nc1ccc2c(c1)CN(CCN1CCCC1)C2. The van der Waals surface area contributed by atoms with Gasteiger partial charge in [0.1, 0.15) is 11.5 Å². The molecule has 0 saturated carbocycles. The van der Waals surface area contributed by atoms with Gasteiger partial charge in [0.05, 0.1) is 19.9 Å². The fourth-order valence-corrected chi connectivity index (χ4v) is 18.2. The molecule has 16 rings (SSSR count). The van der Waals surface area contributed by atoms with Gasteiger partial charge < -0.3 is 104 Å². The molecule has 8 aromatic carbocycles. The van der Waals surface area contributed by atoms with Crippen molar-refractivity contribution in [3.8, 4) is 11.5 Å². The minimum atomic E-state index is 0.680. The Labute approximate surface area is 809 Å². The summed E-state index contributed by atoms with van der Waals surface area (Å²) in [4.78, 5) is 36.4. The van der Waals surface area contributed by atoms with Gasteiger partial charge in [-0.3, -0.25) is 29.4 Å². The lowest BCUT2D eigenvalue weighted by atomic mass is 9.99. The predicted molar refractivity (Wildman–Crippen MR) is 568 cm³/mol. The van der Waals surface area contributed by atoms with Gasteiger partial charge in [0.2, 0.25) is 0 Å². The van der Waals surface area contributed by atoms with E-state index in [4.69, 9.17) is 49.6 Å². The van der Waals surface area contributed by atoms with Gasteiger partial charge in [-0.2, -0.15) is 0 Å². The van der Waals surface area contributed by atoms with Crippen LogP contribution in [0.25, 0.3) is 0 Å². The van der Waals surface area contributed by atoms with Gasteiger partial charge >= 0.3 is 0 Å². The highest BCUT2D eigenvalue weighted by Gasteiger charge is 2.26. The highest BCUT2D eigenvalue weighted by Crippen LogP contribution is 2.32. The van der Waals surface area contributed by atoms with Crippen LogP contribution in [0.1, 0.15) is 138 Å². The third-order valence-electron chi connectivity index (χ3n) is 27.0. The van der Waals surface area contributed by atoms with Gasteiger partial charge in [-0.05, 0) is 311 Å². The van der Waals surface area contributed by atoms with Crippen molar-refractivity contribution in [3.05, 3.63) is 223 Å². The fourth-order valence-electron chi connectivity index (χ4n) is 18.2. The van der Waals surface area contributed by atoms with E-state index in [0.717, 1.165) is 255 Å². The second-order valence-electron chi connectivity index (χ2n) is 38.5. The molecule has 134 heavy (non-hydrogen) atoms. The molecule has 26 heteroatoms. The van der Waals surface area contributed by atoms with Crippen molar-refractivity contribution in [1.29, 1.82) is 0 Å². The van der Waals surface area contributed by atoms with E-state index in [1.807, 2.05) is 67.7 Å². The molecule has 0 atom stereocenters. The Hall–Kier alpha value is -8.88. The zero-order valence-corrected chi connectivity index (χ0v) is 85.5. The molecule has 2 fully saturated rings. The summed E-state index contributed by atoms with van der Waals surface area (Å²) in [5.41, 5.74) is 67.2. The number of nitrogen functional groups attached to an aromatic ring is 7. The van der Waals surface area contributed by atoms with Crippen molar-refractivity contribution >= 4 is 45.5 Å². The molecule has 0 spiro atoms. The molecule has 0 radical (unpaired) electrons. The molecule has 0 aromatic heterocycles. The Morgan fingerprint density at radius 1 is 0.306 bits per heavy atom. The van der Waals surface area contributed by atoms with Gasteiger partial charge in [-0.15, -0.1) is 0 Å². The number of ether oxygens (including phenoxy) is 2. The average molecular weight is 1840 g/mol. The van der Waals surface area contributed by atoms with E-state index in [0.29, 0.717) is 5.69 Å². The fraction of sp³-hybridized carbons (Fsp3) is 0.556. The third kappa shape index (κ3) is 37.9. The van der Waals surface area contributed by atoms with Gasteiger partial charge in [-0.25, -0.2) is 0 Å². The van der Waals surface area contributed by atoms with Crippen LogP contribution in [-0.2, 0) is 91.5 Å². The van der Waals surface area contributed by atoms with Crippen LogP contribution in [0.3, 0.4) is 0 Å². The number of benzene rings is 8. The quantitative estimate of drug-likeness (QED) is 0.0130. The molecule has 0 aliphatic carbocycles. The van der Waals surface area contributed by atoms with Crippen LogP contribution in [0.2, 0.25) is 0 Å². The summed E-state index contributed by atoms with van der Waals surface area (Å²) in [6.45, 7) is 54.8. The highest BCUT2D eigenvalue weighted by molar-refractivity contribution is 5.55. The van der Waals surface area contributed by atoms with Crippen LogP contribution >= 0.6 is 0 Å². The molecular weight excluding hydrogens is 1670 g/mol. The first-order valence-corrected chi connectivity index (χ1v) is 49.9. The van der Waals surface area contributed by atoms with Crippen LogP contribution in [0.4, 0.5) is 45.5 Å². The van der Waals surface area contributed by atoms with E-state index >= 15 is 0 Å². The molecule has 0 amide bonds. The summed E-state index contributed by atoms with van der Waals surface area (Å²) >= 11 is 0. The number of anilines is 8. The summed E-state index contributed by atoms with van der Waals surface area (Å²) in [5, 5.41) is 6.58. The maximum absolute atomic E-state index is 5.82. The van der Waals surface area contributed by atoms with Gasteiger partial charge in [0, 0.05) is 255 Å². The summed E-state index contributed by atoms with van der Waals surface area (Å²) < 4.78 is 10.6. The van der Waals surface area contributed by atoms with E-state index in [1.54, 1.807) is 14.2 Å². The third-order valence-corrected chi connectivity index (χ3v) is 27.0. The lowest BCUT2D eigenvalue weighted by Crippen LogP contribution is -2.35. The second-order valence-corrected chi connectivity index (χ2v) is 38.5. The number of hydrogen-bond donors (Lipinski definition) is 9. The van der Waals surface area contributed by atoms with E-state index in [2.05, 4.69) is 260 Å². The number of rotatable bonds is 36. The first-order chi connectivity index (χ1) is 64.6. The molecular formula is C108H176N24O2. The number of methoxy groups -OCH3 is 2. The highest BCUT2D eigenvalue weighted by atomic mass is 16.5. The van der Waals surface area contributed by atoms with Crippen molar-refractivity contribution < 1.29 is 9.47 Å². The van der Waals surface area contributed by atoms with E-state index in [-0.39, 0.29) is 0 Å². The van der Waals surface area contributed by atoms with Gasteiger partial charge in [-0.1, -0.05) is 83.1 Å². The first kappa shape index (κ1) is 109. The Morgan fingerprint density at radius 3 is 1.07 bits per heavy atom. The molecule has 16 N–H and O–H groups in total. The Kier molecular flexibility index (Phi) is 47.1. The Balaban J connectivity index is 0.000000172. The lowest BCUT2D eigenvalue weighted by Gasteiger charge is -2.29. The minimum absolute atomic E-state index is 0.680.